The topological polar surface area (TPSA) is 20.2 Å². The molecule has 1 unspecified atom stereocenters. The van der Waals surface area contributed by atoms with Crippen molar-refractivity contribution in [1.82, 2.24) is 0 Å². The van der Waals surface area contributed by atoms with Gasteiger partial charge in [-0.05, 0) is 13.8 Å². The van der Waals surface area contributed by atoms with E-state index in [9.17, 15) is 5.11 Å². The van der Waals surface area contributed by atoms with Gasteiger partial charge in [-0.25, -0.2) is 0 Å². The molecule has 1 N–H and O–H groups in total. The smallest absolute Gasteiger partial charge is 0.0684 e. The van der Waals surface area contributed by atoms with Crippen molar-refractivity contribution < 1.29 is 5.11 Å². The molecule has 10 heavy (non-hydrogen) atoms. The fraction of sp³-hybridized carbons (Fsp3) is 1.00. The van der Waals surface area contributed by atoms with Gasteiger partial charge in [-0.1, -0.05) is 42.2 Å². The Hall–Kier alpha value is 0.907. The summed E-state index contributed by atoms with van der Waals surface area (Å²) in [6.45, 7) is 10.6. The summed E-state index contributed by atoms with van der Waals surface area (Å²) >= 11 is 2.37. The van der Waals surface area contributed by atoms with Crippen LogP contribution in [0.4, 0.5) is 0 Å². The predicted molar refractivity (Wildman–Crippen MR) is 57.5 cm³/mol. The summed E-state index contributed by atoms with van der Waals surface area (Å²) in [5.41, 5.74) is -0.509. The highest BCUT2D eigenvalue weighted by molar-refractivity contribution is 14.1. The van der Waals surface area contributed by atoms with Gasteiger partial charge in [-0.3, -0.25) is 0 Å². The van der Waals surface area contributed by atoms with Crippen LogP contribution in [0.25, 0.3) is 0 Å². The van der Waals surface area contributed by atoms with Crippen LogP contribution in [0.15, 0.2) is 0 Å². The Bertz CT molecular complexity index is 97.8. The fourth-order valence-electron chi connectivity index (χ4n) is 1.06. The average molecular weight is 272 g/mol. The molecule has 0 bridgehead atoms. The van der Waals surface area contributed by atoms with Crippen molar-refractivity contribution in [2.75, 3.05) is 0 Å². The molecule has 1 nitrogen and oxygen atoms in total. The van der Waals surface area contributed by atoms with Gasteiger partial charge in [-0.15, -0.1) is 0 Å². The molecule has 62 valence electrons. The summed E-state index contributed by atoms with van der Waals surface area (Å²) in [6.07, 6.45) is 0. The van der Waals surface area contributed by atoms with Crippen LogP contribution in [0.3, 0.4) is 0 Å². The monoisotopic (exact) mass is 272 g/mol. The molecular weight excluding hydrogens is 255 g/mol. The maximum atomic E-state index is 9.65. The van der Waals surface area contributed by atoms with Gasteiger partial charge in [0.2, 0.25) is 0 Å². The van der Waals surface area contributed by atoms with Crippen LogP contribution < -0.4 is 0 Å². The van der Waals surface area contributed by atoms with Crippen molar-refractivity contribution in [1.29, 1.82) is 0 Å². The third-order valence-electron chi connectivity index (χ3n) is 1.38. The Kier molecular flexibility index (Phi) is 3.39. The highest BCUT2D eigenvalue weighted by Gasteiger charge is 2.35. The highest BCUT2D eigenvalue weighted by Crippen LogP contribution is 2.27. The molecule has 3 heteroatoms. The van der Waals surface area contributed by atoms with Gasteiger partial charge in [-0.2, -0.15) is 0 Å². The van der Waals surface area contributed by atoms with Gasteiger partial charge in [0, 0.05) is 3.55 Å². The largest absolute Gasteiger partial charge is 0.390 e. The normalized spacial score (nSPS) is 17.1. The van der Waals surface area contributed by atoms with Crippen molar-refractivity contribution in [2.24, 2.45) is 0 Å². The summed E-state index contributed by atoms with van der Waals surface area (Å²) in [7, 11) is -1.16. The molecule has 0 saturated carbocycles. The van der Waals surface area contributed by atoms with Gasteiger partial charge in [0.15, 0.2) is 0 Å². The zero-order chi connectivity index (χ0) is 8.58. The lowest BCUT2D eigenvalue weighted by molar-refractivity contribution is 0.0982. The molecule has 0 aliphatic rings. The fourth-order valence-corrected chi connectivity index (χ4v) is 3.18. The van der Waals surface area contributed by atoms with Crippen LogP contribution in [-0.2, 0) is 0 Å². The minimum absolute atomic E-state index is 0.428. The Balaban J connectivity index is 4.23. The van der Waals surface area contributed by atoms with Crippen molar-refractivity contribution in [3.05, 3.63) is 0 Å². The Morgan fingerprint density at radius 2 is 1.60 bits per heavy atom. The predicted octanol–water partition coefficient (Wildman–Crippen LogP) is 2.44. The minimum Gasteiger partial charge on any atom is -0.390 e. The lowest BCUT2D eigenvalue weighted by Crippen LogP contribution is -2.47. The van der Waals surface area contributed by atoms with E-state index in [4.69, 9.17) is 0 Å². The third-order valence-corrected chi connectivity index (χ3v) is 10.7. The first kappa shape index (κ1) is 10.9. The van der Waals surface area contributed by atoms with Crippen LogP contribution in [0.1, 0.15) is 13.8 Å². The number of aliphatic hydroxyl groups is 1. The molecule has 0 radical (unpaired) electrons. The van der Waals surface area contributed by atoms with Gasteiger partial charge < -0.3 is 5.11 Å². The van der Waals surface area contributed by atoms with E-state index in [-0.39, 0.29) is 0 Å². The molecule has 0 aromatic rings. The van der Waals surface area contributed by atoms with Gasteiger partial charge in [0.1, 0.15) is 0 Å². The van der Waals surface area contributed by atoms with Crippen LogP contribution >= 0.6 is 22.6 Å². The van der Waals surface area contributed by atoms with Crippen molar-refractivity contribution >= 4 is 30.7 Å². The molecule has 1 atom stereocenters. The van der Waals surface area contributed by atoms with E-state index in [1.165, 1.54) is 0 Å². The zero-order valence-electron chi connectivity index (χ0n) is 7.40. The van der Waals surface area contributed by atoms with Crippen LogP contribution in [0, 0.1) is 0 Å². The van der Waals surface area contributed by atoms with Crippen LogP contribution in [-0.4, -0.2) is 22.3 Å². The average Bonchev–Trinajstić information content (AvgIpc) is 1.59. The number of alkyl halides is 1. The standard InChI is InChI=1S/C7H17IOSi/c1-7(2,9)6(8)10(3,4)5/h6,9H,1-5H3. The van der Waals surface area contributed by atoms with Gasteiger partial charge in [0.25, 0.3) is 0 Å². The second-order valence-corrected chi connectivity index (χ2v) is 12.1. The Labute approximate surface area is 78.4 Å². The van der Waals surface area contributed by atoms with E-state index >= 15 is 0 Å². The SMILES string of the molecule is CC(C)(O)C(I)[Si](C)(C)C. The van der Waals surface area contributed by atoms with Crippen molar-refractivity contribution in [2.45, 2.75) is 42.6 Å². The van der Waals surface area contributed by atoms with E-state index in [2.05, 4.69) is 42.2 Å². The molecule has 0 rings (SSSR count). The van der Waals surface area contributed by atoms with E-state index in [0.29, 0.717) is 3.55 Å². The molecule has 0 heterocycles. The lowest BCUT2D eigenvalue weighted by Gasteiger charge is -2.33. The van der Waals surface area contributed by atoms with Crippen LogP contribution in [0.5, 0.6) is 0 Å². The molecular formula is C7H17IOSi. The van der Waals surface area contributed by atoms with Crippen molar-refractivity contribution in [3.8, 4) is 0 Å². The summed E-state index contributed by atoms with van der Waals surface area (Å²) in [4.78, 5) is 0. The van der Waals surface area contributed by atoms with Gasteiger partial charge in [0.05, 0.1) is 13.7 Å². The van der Waals surface area contributed by atoms with E-state index in [0.717, 1.165) is 0 Å². The van der Waals surface area contributed by atoms with E-state index in [1.54, 1.807) is 0 Å². The molecule has 0 aliphatic heterocycles. The molecule has 0 aromatic carbocycles. The number of hydrogen-bond donors (Lipinski definition) is 1. The maximum absolute atomic E-state index is 9.65. The summed E-state index contributed by atoms with van der Waals surface area (Å²) in [6, 6.07) is 0. The first-order valence-electron chi connectivity index (χ1n) is 3.52. The number of hydrogen-bond acceptors (Lipinski definition) is 1. The van der Waals surface area contributed by atoms with Crippen molar-refractivity contribution in [3.63, 3.8) is 0 Å². The van der Waals surface area contributed by atoms with Crippen LogP contribution in [0.2, 0.25) is 19.6 Å². The zero-order valence-corrected chi connectivity index (χ0v) is 10.6. The minimum atomic E-state index is -1.16. The second-order valence-electron chi connectivity index (χ2n) is 4.38. The van der Waals surface area contributed by atoms with Gasteiger partial charge >= 0.3 is 0 Å². The first-order chi connectivity index (χ1) is 4.15. The first-order valence-corrected chi connectivity index (χ1v) is 8.34. The van der Waals surface area contributed by atoms with E-state index < -0.39 is 13.7 Å². The molecule has 0 spiro atoms. The number of rotatable bonds is 2. The summed E-state index contributed by atoms with van der Waals surface area (Å²) in [5.74, 6) is 0. The molecule has 0 saturated heterocycles. The van der Waals surface area contributed by atoms with E-state index in [1.807, 2.05) is 13.8 Å². The summed E-state index contributed by atoms with van der Waals surface area (Å²) < 4.78 is 0.428. The third kappa shape index (κ3) is 3.34. The quantitative estimate of drug-likeness (QED) is 0.465. The maximum Gasteiger partial charge on any atom is 0.0684 e. The molecule has 0 aromatic heterocycles. The molecule has 0 amide bonds. The molecule has 0 aliphatic carbocycles. The Morgan fingerprint density at radius 3 is 1.60 bits per heavy atom. The Morgan fingerprint density at radius 1 is 1.30 bits per heavy atom. The molecule has 0 fully saturated rings. The summed E-state index contributed by atoms with van der Waals surface area (Å²) in [5, 5.41) is 9.65. The lowest BCUT2D eigenvalue weighted by atomic mass is 10.2. The highest BCUT2D eigenvalue weighted by atomic mass is 127. The second kappa shape index (κ2) is 3.11. The number of halogens is 1.